The first kappa shape index (κ1) is 15.0. The molecule has 2 aromatic rings. The van der Waals surface area contributed by atoms with Gasteiger partial charge < -0.3 is 15.4 Å². The van der Waals surface area contributed by atoms with Gasteiger partial charge in [-0.1, -0.05) is 6.07 Å². The fraction of sp³-hybridized carbons (Fsp3) is 0.231. The molecule has 0 radical (unpaired) electrons. The van der Waals surface area contributed by atoms with Crippen molar-refractivity contribution in [2.24, 2.45) is 0 Å². The minimum absolute atomic E-state index is 0.363. The molecule has 0 aliphatic carbocycles. The summed E-state index contributed by atoms with van der Waals surface area (Å²) in [6.45, 7) is 2.60. The Bertz CT molecular complexity index is 605. The Hall–Kier alpha value is -1.44. The highest BCUT2D eigenvalue weighted by atomic mass is 32.1. The molecule has 0 atom stereocenters. The third-order valence-electron chi connectivity index (χ3n) is 2.49. The lowest BCUT2D eigenvalue weighted by Gasteiger charge is -2.09. The van der Waals surface area contributed by atoms with Crippen molar-refractivity contribution in [2.45, 2.75) is 13.5 Å². The molecule has 0 aromatic carbocycles. The van der Waals surface area contributed by atoms with Crippen LogP contribution in [0.2, 0.25) is 0 Å². The monoisotopic (exact) mass is 326 g/mol. The van der Waals surface area contributed by atoms with Crippen molar-refractivity contribution in [1.29, 1.82) is 0 Å². The van der Waals surface area contributed by atoms with Gasteiger partial charge in [0.2, 0.25) is 0 Å². The fourth-order valence-electron chi connectivity index (χ4n) is 1.60. The van der Waals surface area contributed by atoms with Gasteiger partial charge in [0.05, 0.1) is 19.2 Å². The van der Waals surface area contributed by atoms with E-state index in [1.165, 1.54) is 23.3 Å². The summed E-state index contributed by atoms with van der Waals surface area (Å²) in [7, 11) is 1.37. The number of hydrogen-bond donors (Lipinski definition) is 2. The predicted molar refractivity (Wildman–Crippen MR) is 87.8 cm³/mol. The minimum atomic E-state index is -0.363. The molecule has 4 nitrogen and oxygen atoms in total. The third kappa shape index (κ3) is 3.78. The molecule has 0 spiro atoms. The molecule has 7 heteroatoms. The number of methoxy groups -OCH3 is 1. The second-order valence-electron chi connectivity index (χ2n) is 3.98. The summed E-state index contributed by atoms with van der Waals surface area (Å²) in [6, 6.07) is 5.83. The molecule has 0 fully saturated rings. The van der Waals surface area contributed by atoms with Crippen LogP contribution in [0.1, 0.15) is 20.1 Å². The average Bonchev–Trinajstić information content (AvgIpc) is 3.05. The van der Waals surface area contributed by atoms with Gasteiger partial charge in [-0.3, -0.25) is 0 Å². The molecular weight excluding hydrogens is 312 g/mol. The van der Waals surface area contributed by atoms with Crippen LogP contribution in [0.5, 0.6) is 0 Å². The van der Waals surface area contributed by atoms with E-state index in [9.17, 15) is 4.79 Å². The van der Waals surface area contributed by atoms with E-state index in [0.29, 0.717) is 22.2 Å². The maximum absolute atomic E-state index is 11.7. The maximum atomic E-state index is 11.7. The number of anilines is 1. The van der Waals surface area contributed by atoms with Crippen LogP contribution in [0.4, 0.5) is 5.00 Å². The standard InChI is InChI=1S/C13H14N2O2S3/c1-8-6-10(12(16)17-2)11(20-8)15-13(18)14-7-9-4-3-5-19-9/h3-6H,7H2,1-2H3,(H2,14,15,18). The lowest BCUT2D eigenvalue weighted by molar-refractivity contribution is 0.0602. The van der Waals surface area contributed by atoms with Crippen LogP contribution in [0.25, 0.3) is 0 Å². The van der Waals surface area contributed by atoms with Gasteiger partial charge in [-0.05, 0) is 36.7 Å². The van der Waals surface area contributed by atoms with Gasteiger partial charge in [0, 0.05) is 9.75 Å². The number of thiophene rings is 2. The highest BCUT2D eigenvalue weighted by Crippen LogP contribution is 2.28. The molecule has 0 bridgehead atoms. The second-order valence-corrected chi connectivity index (χ2v) is 6.68. The molecule has 0 aliphatic heterocycles. The number of nitrogens with one attached hydrogen (secondary N) is 2. The summed E-state index contributed by atoms with van der Waals surface area (Å²) in [5, 5.41) is 9.38. The van der Waals surface area contributed by atoms with Crippen LogP contribution in [-0.2, 0) is 11.3 Å². The fourth-order valence-corrected chi connectivity index (χ4v) is 3.38. The molecule has 0 aliphatic rings. The summed E-state index contributed by atoms with van der Waals surface area (Å²) in [6.07, 6.45) is 0. The lowest BCUT2D eigenvalue weighted by atomic mass is 10.3. The molecule has 106 valence electrons. The van der Waals surface area contributed by atoms with Crippen molar-refractivity contribution in [3.05, 3.63) is 38.9 Å². The van der Waals surface area contributed by atoms with Gasteiger partial charge in [-0.2, -0.15) is 0 Å². The molecule has 0 amide bonds. The van der Waals surface area contributed by atoms with E-state index in [4.69, 9.17) is 17.0 Å². The van der Waals surface area contributed by atoms with E-state index in [1.54, 1.807) is 17.4 Å². The maximum Gasteiger partial charge on any atom is 0.340 e. The van der Waals surface area contributed by atoms with E-state index in [2.05, 4.69) is 10.6 Å². The number of carbonyl (C=O) groups excluding carboxylic acids is 1. The summed E-state index contributed by atoms with van der Waals surface area (Å²) in [5.41, 5.74) is 0.510. The van der Waals surface area contributed by atoms with Crippen molar-refractivity contribution in [3.8, 4) is 0 Å². The highest BCUT2D eigenvalue weighted by Gasteiger charge is 2.16. The summed E-state index contributed by atoms with van der Waals surface area (Å²) in [4.78, 5) is 13.9. The highest BCUT2D eigenvalue weighted by molar-refractivity contribution is 7.80. The average molecular weight is 326 g/mol. The minimum Gasteiger partial charge on any atom is -0.465 e. The molecule has 20 heavy (non-hydrogen) atoms. The van der Waals surface area contributed by atoms with E-state index < -0.39 is 0 Å². The Balaban J connectivity index is 1.98. The smallest absolute Gasteiger partial charge is 0.340 e. The molecule has 0 unspecified atom stereocenters. The van der Waals surface area contributed by atoms with Crippen molar-refractivity contribution in [2.75, 3.05) is 12.4 Å². The molecule has 2 N–H and O–H groups in total. The Morgan fingerprint density at radius 1 is 1.50 bits per heavy atom. The zero-order chi connectivity index (χ0) is 14.5. The second kappa shape index (κ2) is 6.83. The van der Waals surface area contributed by atoms with Crippen LogP contribution < -0.4 is 10.6 Å². The van der Waals surface area contributed by atoms with Crippen molar-refractivity contribution < 1.29 is 9.53 Å². The predicted octanol–water partition coefficient (Wildman–Crippen LogP) is 3.39. The molecule has 0 saturated heterocycles. The molecule has 2 aromatic heterocycles. The quantitative estimate of drug-likeness (QED) is 0.666. The van der Waals surface area contributed by atoms with Crippen LogP contribution >= 0.6 is 34.9 Å². The topological polar surface area (TPSA) is 50.4 Å². The van der Waals surface area contributed by atoms with Crippen LogP contribution in [0.15, 0.2) is 23.6 Å². The van der Waals surface area contributed by atoms with Crippen LogP contribution in [-0.4, -0.2) is 18.2 Å². The zero-order valence-electron chi connectivity index (χ0n) is 11.1. The van der Waals surface area contributed by atoms with Gasteiger partial charge in [0.25, 0.3) is 0 Å². The van der Waals surface area contributed by atoms with Gasteiger partial charge in [-0.25, -0.2) is 4.79 Å². The van der Waals surface area contributed by atoms with E-state index in [-0.39, 0.29) is 5.97 Å². The SMILES string of the molecule is COC(=O)c1cc(C)sc1NC(=S)NCc1cccs1. The lowest BCUT2D eigenvalue weighted by Crippen LogP contribution is -2.27. The molecule has 0 saturated carbocycles. The van der Waals surface area contributed by atoms with Gasteiger partial charge in [0.1, 0.15) is 5.00 Å². The van der Waals surface area contributed by atoms with E-state index in [0.717, 1.165) is 4.88 Å². The first-order valence-corrected chi connectivity index (χ1v) is 7.96. The van der Waals surface area contributed by atoms with Gasteiger partial charge in [-0.15, -0.1) is 22.7 Å². The van der Waals surface area contributed by atoms with E-state index >= 15 is 0 Å². The van der Waals surface area contributed by atoms with Crippen molar-refractivity contribution >= 4 is 51.0 Å². The van der Waals surface area contributed by atoms with Crippen molar-refractivity contribution in [3.63, 3.8) is 0 Å². The first-order chi connectivity index (χ1) is 9.60. The molecule has 2 rings (SSSR count). The molecule has 2 heterocycles. The number of carbonyl (C=O) groups is 1. The Kier molecular flexibility index (Phi) is 5.11. The zero-order valence-corrected chi connectivity index (χ0v) is 13.5. The molecular formula is C13H14N2O2S3. The number of esters is 1. The third-order valence-corrected chi connectivity index (χ3v) is 4.58. The Morgan fingerprint density at radius 2 is 2.30 bits per heavy atom. The van der Waals surface area contributed by atoms with Crippen molar-refractivity contribution in [1.82, 2.24) is 5.32 Å². The normalized spacial score (nSPS) is 10.1. The van der Waals surface area contributed by atoms with Gasteiger partial charge >= 0.3 is 5.97 Å². The first-order valence-electron chi connectivity index (χ1n) is 5.86. The van der Waals surface area contributed by atoms with Crippen LogP contribution in [0, 0.1) is 6.92 Å². The number of thiocarbonyl (C=S) groups is 1. The Morgan fingerprint density at radius 3 is 2.95 bits per heavy atom. The van der Waals surface area contributed by atoms with E-state index in [1.807, 2.05) is 24.4 Å². The largest absolute Gasteiger partial charge is 0.465 e. The number of rotatable bonds is 4. The summed E-state index contributed by atoms with van der Waals surface area (Å²) < 4.78 is 4.76. The van der Waals surface area contributed by atoms with Gasteiger partial charge in [0.15, 0.2) is 5.11 Å². The number of aryl methyl sites for hydroxylation is 1. The van der Waals surface area contributed by atoms with Crippen LogP contribution in [0.3, 0.4) is 0 Å². The summed E-state index contributed by atoms with van der Waals surface area (Å²) >= 11 is 8.38. The number of hydrogen-bond acceptors (Lipinski definition) is 5. The number of ether oxygens (including phenoxy) is 1. The Labute approximate surface area is 130 Å². The summed E-state index contributed by atoms with van der Waals surface area (Å²) in [5.74, 6) is -0.363.